The van der Waals surface area contributed by atoms with Crippen molar-refractivity contribution in [2.24, 2.45) is 7.05 Å². The van der Waals surface area contributed by atoms with Crippen LogP contribution in [0.1, 0.15) is 17.0 Å². The molecular weight excluding hydrogens is 340 g/mol. The van der Waals surface area contributed by atoms with E-state index in [0.717, 1.165) is 29.9 Å². The molecule has 0 unspecified atom stereocenters. The van der Waals surface area contributed by atoms with Crippen LogP contribution in [0, 0.1) is 0 Å². The number of aromatic amines is 1. The molecule has 4 rings (SSSR count). The summed E-state index contributed by atoms with van der Waals surface area (Å²) in [6, 6.07) is 3.71. The molecular formula is C17H17ClN6O. The molecule has 0 saturated heterocycles. The molecule has 3 aromatic heterocycles. The van der Waals surface area contributed by atoms with Gasteiger partial charge in [-0.3, -0.25) is 19.4 Å². The molecule has 0 aromatic carbocycles. The number of nitrogens with zero attached hydrogens (tertiary/aromatic N) is 5. The van der Waals surface area contributed by atoms with E-state index >= 15 is 0 Å². The van der Waals surface area contributed by atoms with Gasteiger partial charge < -0.3 is 4.98 Å². The number of rotatable bonds is 3. The maximum Gasteiger partial charge on any atom is 0.255 e. The molecule has 0 fully saturated rings. The summed E-state index contributed by atoms with van der Waals surface area (Å²) in [5, 5.41) is 5.02. The van der Waals surface area contributed by atoms with Crippen molar-refractivity contribution in [3.63, 3.8) is 0 Å². The van der Waals surface area contributed by atoms with E-state index in [1.807, 2.05) is 19.2 Å². The molecule has 0 saturated carbocycles. The molecule has 128 valence electrons. The van der Waals surface area contributed by atoms with E-state index < -0.39 is 0 Å². The van der Waals surface area contributed by atoms with Crippen molar-refractivity contribution >= 4 is 11.6 Å². The van der Waals surface area contributed by atoms with E-state index in [4.69, 9.17) is 11.6 Å². The largest absolute Gasteiger partial charge is 0.306 e. The van der Waals surface area contributed by atoms with E-state index in [2.05, 4.69) is 25.0 Å². The van der Waals surface area contributed by atoms with Crippen LogP contribution < -0.4 is 5.56 Å². The Hall–Kier alpha value is -2.51. The zero-order valence-electron chi connectivity index (χ0n) is 13.7. The molecule has 1 aliphatic rings. The highest BCUT2D eigenvalue weighted by Gasteiger charge is 2.23. The Morgan fingerprint density at radius 3 is 3.00 bits per heavy atom. The van der Waals surface area contributed by atoms with Gasteiger partial charge in [0.1, 0.15) is 5.82 Å². The minimum Gasteiger partial charge on any atom is -0.306 e. The first kappa shape index (κ1) is 16.0. The molecule has 8 heteroatoms. The van der Waals surface area contributed by atoms with E-state index in [0.29, 0.717) is 29.5 Å². The fraction of sp³-hybridized carbons (Fsp3) is 0.294. The molecule has 0 amide bonds. The lowest BCUT2D eigenvalue weighted by atomic mass is 10.1. The van der Waals surface area contributed by atoms with E-state index in [9.17, 15) is 4.79 Å². The number of H-pyrrole nitrogens is 1. The lowest BCUT2D eigenvalue weighted by molar-refractivity contribution is 0.238. The van der Waals surface area contributed by atoms with Gasteiger partial charge in [-0.2, -0.15) is 5.10 Å². The molecule has 4 heterocycles. The fourth-order valence-electron chi connectivity index (χ4n) is 3.08. The highest BCUT2D eigenvalue weighted by atomic mass is 35.5. The van der Waals surface area contributed by atoms with Crippen molar-refractivity contribution in [1.29, 1.82) is 0 Å². The van der Waals surface area contributed by atoms with E-state index in [1.165, 1.54) is 0 Å². The number of pyridine rings is 1. The smallest absolute Gasteiger partial charge is 0.255 e. The van der Waals surface area contributed by atoms with Gasteiger partial charge in [0, 0.05) is 57.3 Å². The van der Waals surface area contributed by atoms with E-state index in [1.54, 1.807) is 23.3 Å². The molecule has 1 N–H and O–H groups in total. The number of aromatic nitrogens is 5. The number of aryl methyl sites for hydroxylation is 1. The summed E-state index contributed by atoms with van der Waals surface area (Å²) in [4.78, 5) is 26.3. The lowest BCUT2D eigenvalue weighted by Crippen LogP contribution is -2.35. The highest BCUT2D eigenvalue weighted by Crippen LogP contribution is 2.21. The molecule has 0 bridgehead atoms. The minimum absolute atomic E-state index is 0.0966. The number of halogens is 1. The van der Waals surface area contributed by atoms with Crippen LogP contribution >= 0.6 is 11.6 Å². The maximum atomic E-state index is 12.5. The monoisotopic (exact) mass is 356 g/mol. The average molecular weight is 357 g/mol. The Morgan fingerprint density at radius 2 is 2.28 bits per heavy atom. The zero-order valence-corrected chi connectivity index (χ0v) is 14.5. The fourth-order valence-corrected chi connectivity index (χ4v) is 3.32. The van der Waals surface area contributed by atoms with Gasteiger partial charge in [0.05, 0.1) is 22.0 Å². The highest BCUT2D eigenvalue weighted by molar-refractivity contribution is 6.31. The van der Waals surface area contributed by atoms with Crippen LogP contribution in [0.4, 0.5) is 0 Å². The second-order valence-electron chi connectivity index (χ2n) is 6.14. The topological polar surface area (TPSA) is 79.7 Å². The first-order valence-electron chi connectivity index (χ1n) is 8.03. The second-order valence-corrected chi connectivity index (χ2v) is 6.55. The molecule has 0 spiro atoms. The lowest BCUT2D eigenvalue weighted by Gasteiger charge is -2.27. The third-order valence-electron chi connectivity index (χ3n) is 4.31. The summed E-state index contributed by atoms with van der Waals surface area (Å²) in [5.41, 5.74) is 3.10. The van der Waals surface area contributed by atoms with Crippen molar-refractivity contribution in [3.8, 4) is 11.4 Å². The number of hydrogen-bond acceptors (Lipinski definition) is 5. The minimum atomic E-state index is -0.0966. The Balaban J connectivity index is 1.59. The standard InChI is InChI=1S/C17H17ClN6O/c1-23-9-13(18)15(22-23)10-24-6-4-14-12(8-24)17(25)21-16(20-14)11-3-2-5-19-7-11/h2-3,5,7,9H,4,6,8,10H2,1H3,(H,20,21,25). The van der Waals surface area contributed by atoms with Crippen molar-refractivity contribution < 1.29 is 0 Å². The molecule has 3 aromatic rings. The van der Waals surface area contributed by atoms with Crippen LogP contribution in [0.25, 0.3) is 11.4 Å². The quantitative estimate of drug-likeness (QED) is 0.773. The van der Waals surface area contributed by atoms with Gasteiger partial charge in [0.2, 0.25) is 0 Å². The summed E-state index contributed by atoms with van der Waals surface area (Å²) in [5.74, 6) is 0.568. The third-order valence-corrected chi connectivity index (χ3v) is 4.63. The molecule has 7 nitrogen and oxygen atoms in total. The third kappa shape index (κ3) is 3.20. The van der Waals surface area contributed by atoms with Crippen molar-refractivity contribution in [2.45, 2.75) is 19.5 Å². The predicted molar refractivity (Wildman–Crippen MR) is 94.1 cm³/mol. The molecule has 25 heavy (non-hydrogen) atoms. The van der Waals surface area contributed by atoms with Gasteiger partial charge in [-0.15, -0.1) is 0 Å². The van der Waals surface area contributed by atoms with Crippen molar-refractivity contribution in [2.75, 3.05) is 6.54 Å². The van der Waals surface area contributed by atoms with E-state index in [-0.39, 0.29) is 5.56 Å². The van der Waals surface area contributed by atoms with Gasteiger partial charge in [-0.25, -0.2) is 4.98 Å². The van der Waals surface area contributed by atoms with Crippen LogP contribution in [-0.4, -0.2) is 36.2 Å². The van der Waals surface area contributed by atoms with Crippen molar-refractivity contribution in [1.82, 2.24) is 29.6 Å². The molecule has 0 radical (unpaired) electrons. The van der Waals surface area contributed by atoms with Crippen LogP contribution in [0.15, 0.2) is 35.5 Å². The number of hydrogen-bond donors (Lipinski definition) is 1. The van der Waals surface area contributed by atoms with Gasteiger partial charge in [-0.05, 0) is 12.1 Å². The Morgan fingerprint density at radius 1 is 1.40 bits per heavy atom. The summed E-state index contributed by atoms with van der Waals surface area (Å²) >= 11 is 6.19. The summed E-state index contributed by atoms with van der Waals surface area (Å²) in [7, 11) is 1.84. The van der Waals surface area contributed by atoms with Gasteiger partial charge in [-0.1, -0.05) is 11.6 Å². The van der Waals surface area contributed by atoms with Crippen LogP contribution in [-0.2, 0) is 26.6 Å². The van der Waals surface area contributed by atoms with Crippen LogP contribution in [0.5, 0.6) is 0 Å². The Kier molecular flexibility index (Phi) is 4.10. The molecule has 0 aliphatic carbocycles. The Bertz CT molecular complexity index is 965. The summed E-state index contributed by atoms with van der Waals surface area (Å²) < 4.78 is 1.70. The number of nitrogens with one attached hydrogen (secondary N) is 1. The second kappa shape index (κ2) is 6.42. The normalized spacial score (nSPS) is 14.5. The average Bonchev–Trinajstić information content (AvgIpc) is 2.93. The van der Waals surface area contributed by atoms with Crippen LogP contribution in [0.2, 0.25) is 5.02 Å². The number of fused-ring (bicyclic) bond motifs is 1. The maximum absolute atomic E-state index is 12.5. The molecule has 0 atom stereocenters. The first-order chi connectivity index (χ1) is 12.1. The zero-order chi connectivity index (χ0) is 17.4. The Labute approximate surface area is 149 Å². The van der Waals surface area contributed by atoms with Gasteiger partial charge in [0.15, 0.2) is 0 Å². The SMILES string of the molecule is Cn1cc(Cl)c(CN2CCc3nc(-c4cccnc4)[nH]c(=O)c3C2)n1. The first-order valence-corrected chi connectivity index (χ1v) is 8.41. The predicted octanol–water partition coefficient (Wildman–Crippen LogP) is 1.78. The van der Waals surface area contributed by atoms with Gasteiger partial charge >= 0.3 is 0 Å². The van der Waals surface area contributed by atoms with Gasteiger partial charge in [0.25, 0.3) is 5.56 Å². The summed E-state index contributed by atoms with van der Waals surface area (Å²) in [6.45, 7) is 1.96. The summed E-state index contributed by atoms with van der Waals surface area (Å²) in [6.07, 6.45) is 5.89. The molecule has 1 aliphatic heterocycles. The van der Waals surface area contributed by atoms with Crippen molar-refractivity contribution in [3.05, 3.63) is 63.1 Å². The van der Waals surface area contributed by atoms with Crippen LogP contribution in [0.3, 0.4) is 0 Å².